The first kappa shape index (κ1) is 18.1. The van der Waals surface area contributed by atoms with Crippen molar-refractivity contribution in [3.05, 3.63) is 59.3 Å². The summed E-state index contributed by atoms with van der Waals surface area (Å²) in [6, 6.07) is 8.32. The zero-order chi connectivity index (χ0) is 18.5. The normalized spacial score (nSPS) is 17.5. The van der Waals surface area contributed by atoms with E-state index in [9.17, 15) is 8.78 Å². The minimum atomic E-state index is -0.308. The van der Waals surface area contributed by atoms with Crippen molar-refractivity contribution in [3.63, 3.8) is 0 Å². The van der Waals surface area contributed by atoms with Crippen molar-refractivity contribution in [2.24, 2.45) is 4.99 Å². The molecule has 0 saturated carbocycles. The first-order valence-corrected chi connectivity index (χ1v) is 8.64. The van der Waals surface area contributed by atoms with Crippen LogP contribution in [0.2, 0.25) is 0 Å². The van der Waals surface area contributed by atoms with E-state index < -0.39 is 0 Å². The van der Waals surface area contributed by atoms with E-state index in [0.717, 1.165) is 18.5 Å². The van der Waals surface area contributed by atoms with Crippen molar-refractivity contribution in [1.82, 2.24) is 15.6 Å². The molecule has 26 heavy (non-hydrogen) atoms. The first-order valence-electron chi connectivity index (χ1n) is 8.64. The smallest absolute Gasteiger partial charge is 0.191 e. The highest BCUT2D eigenvalue weighted by atomic mass is 19.1. The molecule has 1 fully saturated rings. The minimum Gasteiger partial charge on any atom is -0.352 e. The van der Waals surface area contributed by atoms with Gasteiger partial charge < -0.3 is 15.5 Å². The van der Waals surface area contributed by atoms with Gasteiger partial charge in [0, 0.05) is 38.9 Å². The van der Waals surface area contributed by atoms with Crippen LogP contribution in [0.3, 0.4) is 0 Å². The maximum Gasteiger partial charge on any atom is 0.191 e. The Morgan fingerprint density at radius 3 is 2.88 bits per heavy atom. The Hall–Kier alpha value is -2.70. The third kappa shape index (κ3) is 4.28. The number of anilines is 1. The first-order chi connectivity index (χ1) is 12.6. The van der Waals surface area contributed by atoms with Crippen LogP contribution in [0.5, 0.6) is 0 Å². The van der Waals surface area contributed by atoms with Crippen LogP contribution in [0.1, 0.15) is 17.5 Å². The number of hydrogen-bond acceptors (Lipinski definition) is 3. The van der Waals surface area contributed by atoms with Crippen molar-refractivity contribution in [3.8, 4) is 0 Å². The summed E-state index contributed by atoms with van der Waals surface area (Å²) in [6.45, 7) is 3.59. The maximum atomic E-state index is 13.9. The van der Waals surface area contributed by atoms with E-state index >= 15 is 0 Å². The molecule has 1 aromatic carbocycles. The van der Waals surface area contributed by atoms with Crippen LogP contribution in [0.4, 0.5) is 14.6 Å². The third-order valence-electron chi connectivity index (χ3n) is 4.49. The predicted molar refractivity (Wildman–Crippen MR) is 99.3 cm³/mol. The summed E-state index contributed by atoms with van der Waals surface area (Å²) in [4.78, 5) is 10.3. The van der Waals surface area contributed by atoms with E-state index in [2.05, 4.69) is 20.6 Å². The second-order valence-corrected chi connectivity index (χ2v) is 6.39. The van der Waals surface area contributed by atoms with Gasteiger partial charge in [0.25, 0.3) is 0 Å². The van der Waals surface area contributed by atoms with E-state index in [-0.39, 0.29) is 17.7 Å². The molecule has 2 aromatic rings. The largest absolute Gasteiger partial charge is 0.352 e. The number of nitrogens with one attached hydrogen (secondary N) is 2. The molecular weight excluding hydrogens is 336 g/mol. The molecule has 138 valence electrons. The number of aliphatic imine (C=N–C) groups is 1. The number of rotatable bonds is 4. The lowest BCUT2D eigenvalue weighted by Gasteiger charge is -2.20. The van der Waals surface area contributed by atoms with Crippen molar-refractivity contribution >= 4 is 11.8 Å². The highest BCUT2D eigenvalue weighted by molar-refractivity contribution is 5.80. The average molecular weight is 359 g/mol. The number of halogens is 2. The number of aromatic nitrogens is 1. The number of nitrogens with zero attached hydrogens (tertiary/aromatic N) is 3. The summed E-state index contributed by atoms with van der Waals surface area (Å²) in [6.07, 6.45) is 2.45. The second kappa shape index (κ2) is 8.12. The van der Waals surface area contributed by atoms with E-state index in [4.69, 9.17) is 0 Å². The maximum absolute atomic E-state index is 13.9. The van der Waals surface area contributed by atoms with Crippen LogP contribution in [0, 0.1) is 18.6 Å². The molecule has 7 heteroatoms. The summed E-state index contributed by atoms with van der Waals surface area (Å²) in [5.41, 5.74) is 1.48. The molecule has 5 nitrogen and oxygen atoms in total. The molecule has 0 amide bonds. The van der Waals surface area contributed by atoms with Crippen molar-refractivity contribution < 1.29 is 8.78 Å². The van der Waals surface area contributed by atoms with Gasteiger partial charge in [0.1, 0.15) is 5.82 Å². The molecule has 1 aromatic heterocycles. The van der Waals surface area contributed by atoms with Crippen LogP contribution in [0.25, 0.3) is 0 Å². The van der Waals surface area contributed by atoms with Crippen LogP contribution in [0.15, 0.2) is 41.5 Å². The Bertz CT molecular complexity index is 793. The molecule has 1 aliphatic heterocycles. The van der Waals surface area contributed by atoms with E-state index in [1.54, 1.807) is 32.3 Å². The Balaban J connectivity index is 1.54. The standard InChI is InChI=1S/C19H23F2N5/c1-13-5-6-14(10-17(13)21)11-24-19(22-2)25-15-7-9-26(12-15)18-16(20)4-3-8-23-18/h3-6,8,10,15H,7,9,11-12H2,1-2H3,(H2,22,24,25). The molecule has 0 radical (unpaired) electrons. The van der Waals surface area contributed by atoms with Gasteiger partial charge in [0.15, 0.2) is 17.6 Å². The molecule has 2 N–H and O–H groups in total. The van der Waals surface area contributed by atoms with Gasteiger partial charge >= 0.3 is 0 Å². The zero-order valence-electron chi connectivity index (χ0n) is 15.0. The van der Waals surface area contributed by atoms with Gasteiger partial charge in [-0.15, -0.1) is 0 Å². The Kier molecular flexibility index (Phi) is 5.65. The summed E-state index contributed by atoms with van der Waals surface area (Å²) in [5.74, 6) is 0.502. The molecule has 1 unspecified atom stereocenters. The molecule has 2 heterocycles. The lowest BCUT2D eigenvalue weighted by molar-refractivity contribution is 0.611. The Labute approximate surface area is 152 Å². The van der Waals surface area contributed by atoms with Gasteiger partial charge in [0.2, 0.25) is 0 Å². The third-order valence-corrected chi connectivity index (χ3v) is 4.49. The fraction of sp³-hybridized carbons (Fsp3) is 0.368. The van der Waals surface area contributed by atoms with Gasteiger partial charge in [-0.25, -0.2) is 13.8 Å². The summed E-state index contributed by atoms with van der Waals surface area (Å²) < 4.78 is 27.5. The molecule has 0 bridgehead atoms. The van der Waals surface area contributed by atoms with Crippen LogP contribution in [-0.2, 0) is 6.54 Å². The summed E-state index contributed by atoms with van der Waals surface area (Å²) >= 11 is 0. The van der Waals surface area contributed by atoms with E-state index in [1.807, 2.05) is 11.0 Å². The predicted octanol–water partition coefficient (Wildman–Crippen LogP) is 2.61. The highest BCUT2D eigenvalue weighted by Gasteiger charge is 2.25. The van der Waals surface area contributed by atoms with E-state index in [0.29, 0.717) is 30.4 Å². The molecule has 0 spiro atoms. The Morgan fingerprint density at radius 1 is 1.31 bits per heavy atom. The molecule has 1 saturated heterocycles. The number of hydrogen-bond donors (Lipinski definition) is 2. The van der Waals surface area contributed by atoms with E-state index in [1.165, 1.54) is 12.1 Å². The molecule has 1 aliphatic rings. The number of pyridine rings is 1. The van der Waals surface area contributed by atoms with Gasteiger partial charge in [0.05, 0.1) is 0 Å². The number of aryl methyl sites for hydroxylation is 1. The molecular formula is C19H23F2N5. The number of guanidine groups is 1. The lowest BCUT2D eigenvalue weighted by Crippen LogP contribution is -2.44. The lowest BCUT2D eigenvalue weighted by atomic mass is 10.1. The van der Waals surface area contributed by atoms with Gasteiger partial charge in [-0.2, -0.15) is 0 Å². The van der Waals surface area contributed by atoms with Crippen molar-refractivity contribution in [2.75, 3.05) is 25.0 Å². The fourth-order valence-corrected chi connectivity index (χ4v) is 3.00. The minimum absolute atomic E-state index is 0.136. The molecule has 0 aliphatic carbocycles. The SMILES string of the molecule is CN=C(NCc1ccc(C)c(F)c1)NC1CCN(c2ncccc2F)C1. The quantitative estimate of drug-likeness (QED) is 0.651. The Morgan fingerprint density at radius 2 is 2.15 bits per heavy atom. The summed E-state index contributed by atoms with van der Waals surface area (Å²) in [7, 11) is 1.69. The zero-order valence-corrected chi connectivity index (χ0v) is 15.0. The van der Waals surface area contributed by atoms with Crippen LogP contribution in [-0.4, -0.2) is 37.1 Å². The molecule has 1 atom stereocenters. The monoisotopic (exact) mass is 359 g/mol. The second-order valence-electron chi connectivity index (χ2n) is 6.39. The fourth-order valence-electron chi connectivity index (χ4n) is 3.00. The van der Waals surface area contributed by atoms with Gasteiger partial charge in [-0.05, 0) is 42.7 Å². The van der Waals surface area contributed by atoms with Gasteiger partial charge in [-0.1, -0.05) is 12.1 Å². The molecule has 3 rings (SSSR count). The van der Waals surface area contributed by atoms with Crippen LogP contribution >= 0.6 is 0 Å². The van der Waals surface area contributed by atoms with Gasteiger partial charge in [-0.3, -0.25) is 4.99 Å². The van der Waals surface area contributed by atoms with Crippen LogP contribution < -0.4 is 15.5 Å². The van der Waals surface area contributed by atoms with Crippen molar-refractivity contribution in [1.29, 1.82) is 0 Å². The topological polar surface area (TPSA) is 52.6 Å². The van der Waals surface area contributed by atoms with Crippen molar-refractivity contribution in [2.45, 2.75) is 25.9 Å². The highest BCUT2D eigenvalue weighted by Crippen LogP contribution is 2.20. The summed E-state index contributed by atoms with van der Waals surface area (Å²) in [5, 5.41) is 6.52. The number of benzene rings is 1. The average Bonchev–Trinajstić information content (AvgIpc) is 3.10.